The Morgan fingerprint density at radius 1 is 1.24 bits per heavy atom. The molecular formula is C13H20N2O2. The largest absolute Gasteiger partial charge is 0.351 e. The van der Waals surface area contributed by atoms with Crippen LogP contribution >= 0.6 is 0 Å². The van der Waals surface area contributed by atoms with E-state index in [0.717, 1.165) is 51.6 Å². The predicted octanol–water partition coefficient (Wildman–Crippen LogP) is 1.06. The zero-order valence-electron chi connectivity index (χ0n) is 10.2. The van der Waals surface area contributed by atoms with Gasteiger partial charge in [0.2, 0.25) is 11.8 Å². The van der Waals surface area contributed by atoms with Crippen LogP contribution in [0.2, 0.25) is 0 Å². The summed E-state index contributed by atoms with van der Waals surface area (Å²) in [5, 5.41) is 3.16. The van der Waals surface area contributed by atoms with Gasteiger partial charge < -0.3 is 10.2 Å². The lowest BCUT2D eigenvalue weighted by molar-refractivity contribution is -0.135. The number of rotatable bonds is 1. The van der Waals surface area contributed by atoms with Crippen LogP contribution in [0.3, 0.4) is 0 Å². The topological polar surface area (TPSA) is 49.4 Å². The third kappa shape index (κ3) is 2.17. The van der Waals surface area contributed by atoms with E-state index in [4.69, 9.17) is 0 Å². The van der Waals surface area contributed by atoms with Crippen LogP contribution in [0, 0.1) is 5.92 Å². The molecule has 0 radical (unpaired) electrons. The molecule has 2 saturated heterocycles. The van der Waals surface area contributed by atoms with E-state index in [0.29, 0.717) is 18.2 Å². The standard InChI is InChI=1S/C13H20N2O2/c16-11-2-1-5-13(14-11)6-8-15(9-7-13)12(17)10-3-4-10/h10H,1-9H2,(H,14,16). The number of hydrogen-bond donors (Lipinski definition) is 1. The Balaban J connectivity index is 1.59. The smallest absolute Gasteiger partial charge is 0.225 e. The Kier molecular flexibility index (Phi) is 2.60. The van der Waals surface area contributed by atoms with Crippen LogP contribution in [0.15, 0.2) is 0 Å². The molecule has 2 amide bonds. The Morgan fingerprint density at radius 3 is 2.53 bits per heavy atom. The van der Waals surface area contributed by atoms with Crippen LogP contribution < -0.4 is 5.32 Å². The van der Waals surface area contributed by atoms with Crippen molar-refractivity contribution in [3.8, 4) is 0 Å². The van der Waals surface area contributed by atoms with Crippen molar-refractivity contribution < 1.29 is 9.59 Å². The molecule has 0 aromatic carbocycles. The van der Waals surface area contributed by atoms with Crippen LogP contribution in [0.25, 0.3) is 0 Å². The quantitative estimate of drug-likeness (QED) is 0.740. The zero-order valence-corrected chi connectivity index (χ0v) is 10.2. The van der Waals surface area contributed by atoms with Gasteiger partial charge in [-0.1, -0.05) is 0 Å². The maximum Gasteiger partial charge on any atom is 0.225 e. The van der Waals surface area contributed by atoms with Crippen molar-refractivity contribution in [2.75, 3.05) is 13.1 Å². The Hall–Kier alpha value is -1.06. The van der Waals surface area contributed by atoms with Gasteiger partial charge in [-0.25, -0.2) is 0 Å². The monoisotopic (exact) mass is 236 g/mol. The Labute approximate surface area is 102 Å². The molecule has 3 fully saturated rings. The summed E-state index contributed by atoms with van der Waals surface area (Å²) in [6.45, 7) is 1.66. The third-order valence-electron chi connectivity index (χ3n) is 4.42. The van der Waals surface area contributed by atoms with Gasteiger partial charge in [0.15, 0.2) is 0 Å². The lowest BCUT2D eigenvalue weighted by Gasteiger charge is -2.44. The van der Waals surface area contributed by atoms with Crippen molar-refractivity contribution in [2.45, 2.75) is 50.5 Å². The second-order valence-corrected chi connectivity index (χ2v) is 5.78. The lowest BCUT2D eigenvalue weighted by Crippen LogP contribution is -2.58. The van der Waals surface area contributed by atoms with Gasteiger partial charge in [0, 0.05) is 31.0 Å². The summed E-state index contributed by atoms with van der Waals surface area (Å²) in [5.41, 5.74) is 0.00959. The molecule has 0 atom stereocenters. The fourth-order valence-corrected chi connectivity index (χ4v) is 3.13. The van der Waals surface area contributed by atoms with Gasteiger partial charge in [-0.3, -0.25) is 9.59 Å². The van der Waals surface area contributed by atoms with Gasteiger partial charge in [-0.15, -0.1) is 0 Å². The van der Waals surface area contributed by atoms with E-state index in [1.54, 1.807) is 0 Å². The molecule has 4 nitrogen and oxygen atoms in total. The molecule has 3 rings (SSSR count). The summed E-state index contributed by atoms with van der Waals surface area (Å²) in [5.74, 6) is 0.866. The third-order valence-corrected chi connectivity index (χ3v) is 4.42. The summed E-state index contributed by atoms with van der Waals surface area (Å²) in [6.07, 6.45) is 6.81. The number of hydrogen-bond acceptors (Lipinski definition) is 2. The molecule has 1 N–H and O–H groups in total. The van der Waals surface area contributed by atoms with Gasteiger partial charge in [-0.2, -0.15) is 0 Å². The molecule has 1 aliphatic carbocycles. The lowest BCUT2D eigenvalue weighted by atomic mass is 9.80. The first kappa shape index (κ1) is 11.1. The van der Waals surface area contributed by atoms with E-state index in [1.165, 1.54) is 0 Å². The molecule has 1 spiro atoms. The first-order chi connectivity index (χ1) is 8.19. The Bertz CT molecular complexity index is 341. The number of likely N-dealkylation sites (tertiary alicyclic amines) is 1. The number of amides is 2. The molecule has 2 aliphatic heterocycles. The normalized spacial score (nSPS) is 28.0. The maximum absolute atomic E-state index is 11.9. The molecule has 2 heterocycles. The van der Waals surface area contributed by atoms with E-state index in [1.807, 2.05) is 4.90 Å². The fourth-order valence-electron chi connectivity index (χ4n) is 3.13. The second kappa shape index (κ2) is 4.00. The molecule has 0 bridgehead atoms. The number of nitrogens with zero attached hydrogens (tertiary/aromatic N) is 1. The van der Waals surface area contributed by atoms with Gasteiger partial charge in [0.1, 0.15) is 0 Å². The molecule has 94 valence electrons. The molecule has 0 unspecified atom stereocenters. The van der Waals surface area contributed by atoms with E-state index in [-0.39, 0.29) is 11.4 Å². The highest BCUT2D eigenvalue weighted by Gasteiger charge is 2.41. The van der Waals surface area contributed by atoms with Crippen LogP contribution in [-0.2, 0) is 9.59 Å². The molecule has 3 aliphatic rings. The van der Waals surface area contributed by atoms with Crippen molar-refractivity contribution in [1.29, 1.82) is 0 Å². The summed E-state index contributed by atoms with van der Waals surface area (Å²) >= 11 is 0. The minimum atomic E-state index is 0.00959. The first-order valence-electron chi connectivity index (χ1n) is 6.78. The molecule has 0 aromatic rings. The average Bonchev–Trinajstić information content (AvgIpc) is 3.13. The van der Waals surface area contributed by atoms with Crippen LogP contribution in [0.4, 0.5) is 0 Å². The van der Waals surface area contributed by atoms with Gasteiger partial charge >= 0.3 is 0 Å². The van der Waals surface area contributed by atoms with Gasteiger partial charge in [0.05, 0.1) is 0 Å². The summed E-state index contributed by atoms with van der Waals surface area (Å²) in [7, 11) is 0. The van der Waals surface area contributed by atoms with E-state index >= 15 is 0 Å². The first-order valence-corrected chi connectivity index (χ1v) is 6.78. The van der Waals surface area contributed by atoms with Crippen molar-refractivity contribution in [2.24, 2.45) is 5.92 Å². The summed E-state index contributed by atoms with van der Waals surface area (Å²) < 4.78 is 0. The van der Waals surface area contributed by atoms with Gasteiger partial charge in [0.25, 0.3) is 0 Å². The average molecular weight is 236 g/mol. The summed E-state index contributed by atoms with van der Waals surface area (Å²) in [4.78, 5) is 25.4. The van der Waals surface area contributed by atoms with Crippen LogP contribution in [0.5, 0.6) is 0 Å². The Morgan fingerprint density at radius 2 is 1.94 bits per heavy atom. The number of nitrogens with one attached hydrogen (secondary N) is 1. The SMILES string of the molecule is O=C1CCCC2(CCN(C(=O)C3CC3)CC2)N1. The van der Waals surface area contributed by atoms with E-state index in [2.05, 4.69) is 5.32 Å². The minimum Gasteiger partial charge on any atom is -0.351 e. The number of carbonyl (C=O) groups is 2. The maximum atomic E-state index is 11.9. The minimum absolute atomic E-state index is 0.00959. The second-order valence-electron chi connectivity index (χ2n) is 5.78. The van der Waals surface area contributed by atoms with Crippen LogP contribution in [0.1, 0.15) is 44.9 Å². The fraction of sp³-hybridized carbons (Fsp3) is 0.846. The molecule has 17 heavy (non-hydrogen) atoms. The molecule has 0 aromatic heterocycles. The van der Waals surface area contributed by atoms with E-state index in [9.17, 15) is 9.59 Å². The van der Waals surface area contributed by atoms with Crippen molar-refractivity contribution in [3.05, 3.63) is 0 Å². The van der Waals surface area contributed by atoms with Crippen molar-refractivity contribution >= 4 is 11.8 Å². The van der Waals surface area contributed by atoms with Crippen molar-refractivity contribution in [1.82, 2.24) is 10.2 Å². The predicted molar refractivity (Wildman–Crippen MR) is 63.3 cm³/mol. The van der Waals surface area contributed by atoms with Gasteiger partial charge in [-0.05, 0) is 38.5 Å². The molecule has 1 saturated carbocycles. The van der Waals surface area contributed by atoms with E-state index < -0.39 is 0 Å². The number of piperidine rings is 2. The summed E-state index contributed by atoms with van der Waals surface area (Å²) in [6, 6.07) is 0. The highest BCUT2D eigenvalue weighted by molar-refractivity contribution is 5.81. The zero-order chi connectivity index (χ0) is 11.9. The number of carbonyl (C=O) groups excluding carboxylic acids is 2. The molecule has 4 heteroatoms. The molecular weight excluding hydrogens is 216 g/mol. The van der Waals surface area contributed by atoms with Crippen LogP contribution in [-0.4, -0.2) is 35.3 Å². The van der Waals surface area contributed by atoms with Crippen molar-refractivity contribution in [3.63, 3.8) is 0 Å². The highest BCUT2D eigenvalue weighted by atomic mass is 16.2. The highest BCUT2D eigenvalue weighted by Crippen LogP contribution is 2.35.